The van der Waals surface area contributed by atoms with Crippen molar-refractivity contribution in [1.82, 2.24) is 10.2 Å². The molecule has 0 bridgehead atoms. The van der Waals surface area contributed by atoms with Gasteiger partial charge in [-0.3, -0.25) is 4.79 Å². The number of rotatable bonds is 9. The van der Waals surface area contributed by atoms with E-state index in [-0.39, 0.29) is 0 Å². The van der Waals surface area contributed by atoms with Crippen LogP contribution in [0.5, 0.6) is 0 Å². The maximum absolute atomic E-state index is 11.4. The number of nitrogens with zero attached hydrogens (tertiary/aromatic N) is 1. The first-order chi connectivity index (χ1) is 9.51. The molecule has 2 N–H and O–H groups in total. The lowest BCUT2D eigenvalue weighted by molar-refractivity contribution is -0.144. The second kappa shape index (κ2) is 8.60. The van der Waals surface area contributed by atoms with Gasteiger partial charge in [0.15, 0.2) is 0 Å². The Morgan fingerprint density at radius 2 is 2.10 bits per heavy atom. The van der Waals surface area contributed by atoms with Crippen molar-refractivity contribution >= 4 is 5.97 Å². The summed E-state index contributed by atoms with van der Waals surface area (Å²) in [7, 11) is 1.78. The van der Waals surface area contributed by atoms with Crippen LogP contribution in [0.4, 0.5) is 0 Å². The number of carbonyl (C=O) groups is 1. The fourth-order valence-corrected chi connectivity index (χ4v) is 2.70. The summed E-state index contributed by atoms with van der Waals surface area (Å²) in [6.45, 7) is 7.70. The van der Waals surface area contributed by atoms with Gasteiger partial charge in [0.25, 0.3) is 0 Å². The molecular weight excluding hydrogens is 256 g/mol. The molecule has 0 aliphatic carbocycles. The Balaban J connectivity index is 2.29. The van der Waals surface area contributed by atoms with Gasteiger partial charge in [0.1, 0.15) is 5.54 Å². The van der Waals surface area contributed by atoms with Crippen LogP contribution >= 0.6 is 0 Å². The largest absolute Gasteiger partial charge is 0.480 e. The third-order valence-corrected chi connectivity index (χ3v) is 4.26. The quantitative estimate of drug-likeness (QED) is 0.676. The first-order valence-electron chi connectivity index (χ1n) is 7.75. The molecule has 0 aromatic heterocycles. The molecule has 1 saturated heterocycles. The van der Waals surface area contributed by atoms with Gasteiger partial charge in [0.2, 0.25) is 0 Å². The summed E-state index contributed by atoms with van der Waals surface area (Å²) in [6, 6.07) is 0. The molecule has 0 aromatic rings. The van der Waals surface area contributed by atoms with E-state index in [4.69, 9.17) is 4.74 Å². The van der Waals surface area contributed by atoms with Crippen molar-refractivity contribution < 1.29 is 14.6 Å². The van der Waals surface area contributed by atoms with Crippen molar-refractivity contribution in [3.05, 3.63) is 0 Å². The van der Waals surface area contributed by atoms with E-state index >= 15 is 0 Å². The van der Waals surface area contributed by atoms with Crippen molar-refractivity contribution in [3.8, 4) is 0 Å². The number of carboxylic acids is 1. The molecule has 118 valence electrons. The Labute approximate surface area is 122 Å². The molecule has 0 aromatic carbocycles. The van der Waals surface area contributed by atoms with Gasteiger partial charge in [-0.15, -0.1) is 0 Å². The summed E-state index contributed by atoms with van der Waals surface area (Å²) in [6.07, 6.45) is 5.11. The van der Waals surface area contributed by atoms with Crippen molar-refractivity contribution in [3.63, 3.8) is 0 Å². The molecule has 0 spiro atoms. The van der Waals surface area contributed by atoms with E-state index < -0.39 is 11.5 Å². The Morgan fingerprint density at radius 1 is 1.45 bits per heavy atom. The molecule has 0 radical (unpaired) electrons. The normalized spacial score (nSPS) is 20.8. The first kappa shape index (κ1) is 17.4. The predicted molar refractivity (Wildman–Crippen MR) is 80.0 cm³/mol. The van der Waals surface area contributed by atoms with Gasteiger partial charge >= 0.3 is 5.97 Å². The second-order valence-electron chi connectivity index (χ2n) is 5.94. The summed E-state index contributed by atoms with van der Waals surface area (Å²) >= 11 is 0. The van der Waals surface area contributed by atoms with Gasteiger partial charge < -0.3 is 20.1 Å². The molecule has 1 unspecified atom stereocenters. The zero-order chi connectivity index (χ0) is 15.0. The molecule has 0 amide bonds. The summed E-state index contributed by atoms with van der Waals surface area (Å²) < 4.78 is 5.36. The summed E-state index contributed by atoms with van der Waals surface area (Å²) in [5.41, 5.74) is -0.791. The first-order valence-corrected chi connectivity index (χ1v) is 7.75. The van der Waals surface area contributed by atoms with Gasteiger partial charge in [0.05, 0.1) is 6.10 Å². The Kier molecular flexibility index (Phi) is 7.48. The van der Waals surface area contributed by atoms with Gasteiger partial charge in [-0.25, -0.2) is 0 Å². The minimum absolute atomic E-state index is 0.404. The highest BCUT2D eigenvalue weighted by Gasteiger charge is 2.31. The second-order valence-corrected chi connectivity index (χ2v) is 5.94. The average Bonchev–Trinajstić information content (AvgIpc) is 2.45. The predicted octanol–water partition coefficient (Wildman–Crippen LogP) is 1.72. The Morgan fingerprint density at radius 3 is 2.60 bits per heavy atom. The van der Waals surface area contributed by atoms with Crippen LogP contribution in [0.3, 0.4) is 0 Å². The standard InChI is InChI=1S/C15H30N2O3/c1-4-9-16-15(2,14(18)19)8-5-10-17-11-6-13(20-3)7-12-17/h13,16H,4-12H2,1-3H3,(H,18,19). The van der Waals surface area contributed by atoms with Crippen LogP contribution < -0.4 is 5.32 Å². The van der Waals surface area contributed by atoms with Crippen LogP contribution in [0.25, 0.3) is 0 Å². The monoisotopic (exact) mass is 286 g/mol. The molecule has 1 atom stereocenters. The third kappa shape index (κ3) is 5.38. The van der Waals surface area contributed by atoms with Crippen LogP contribution in [0.2, 0.25) is 0 Å². The number of aliphatic carboxylic acids is 1. The van der Waals surface area contributed by atoms with E-state index in [9.17, 15) is 9.90 Å². The maximum Gasteiger partial charge on any atom is 0.323 e. The van der Waals surface area contributed by atoms with Gasteiger partial charge in [0, 0.05) is 20.2 Å². The molecule has 5 heteroatoms. The highest BCUT2D eigenvalue weighted by atomic mass is 16.5. The lowest BCUT2D eigenvalue weighted by Crippen LogP contribution is -2.50. The molecule has 1 fully saturated rings. The molecular formula is C15H30N2O3. The lowest BCUT2D eigenvalue weighted by atomic mass is 9.95. The van der Waals surface area contributed by atoms with Crippen LogP contribution in [-0.2, 0) is 9.53 Å². The molecule has 1 aliphatic rings. The van der Waals surface area contributed by atoms with E-state index in [1.807, 2.05) is 0 Å². The minimum Gasteiger partial charge on any atom is -0.480 e. The smallest absolute Gasteiger partial charge is 0.323 e. The SMILES string of the molecule is CCCNC(C)(CCCN1CCC(OC)CC1)C(=O)O. The lowest BCUT2D eigenvalue weighted by Gasteiger charge is -2.32. The number of ether oxygens (including phenoxy) is 1. The van der Waals surface area contributed by atoms with E-state index in [0.717, 1.165) is 51.9 Å². The van der Waals surface area contributed by atoms with Crippen molar-refractivity contribution in [2.75, 3.05) is 33.3 Å². The van der Waals surface area contributed by atoms with Crippen molar-refractivity contribution in [2.24, 2.45) is 0 Å². The fourth-order valence-electron chi connectivity index (χ4n) is 2.70. The number of hydrogen-bond donors (Lipinski definition) is 2. The Hall–Kier alpha value is -0.650. The molecule has 0 saturated carbocycles. The van der Waals surface area contributed by atoms with E-state index in [1.165, 1.54) is 0 Å². The summed E-state index contributed by atoms with van der Waals surface area (Å²) in [5, 5.41) is 12.5. The van der Waals surface area contributed by atoms with Gasteiger partial charge in [-0.1, -0.05) is 6.92 Å². The van der Waals surface area contributed by atoms with Crippen molar-refractivity contribution in [2.45, 2.75) is 57.6 Å². The van der Waals surface area contributed by atoms with Crippen LogP contribution in [-0.4, -0.2) is 60.9 Å². The Bertz CT molecular complexity index is 291. The minimum atomic E-state index is -0.791. The van der Waals surface area contributed by atoms with E-state index in [2.05, 4.69) is 17.1 Å². The highest BCUT2D eigenvalue weighted by Crippen LogP contribution is 2.17. The van der Waals surface area contributed by atoms with E-state index in [0.29, 0.717) is 12.5 Å². The number of methoxy groups -OCH3 is 1. The topological polar surface area (TPSA) is 61.8 Å². The molecule has 1 heterocycles. The molecule has 1 aliphatic heterocycles. The van der Waals surface area contributed by atoms with Gasteiger partial charge in [-0.2, -0.15) is 0 Å². The van der Waals surface area contributed by atoms with Crippen LogP contribution in [0.1, 0.15) is 46.0 Å². The van der Waals surface area contributed by atoms with E-state index in [1.54, 1.807) is 14.0 Å². The molecule has 20 heavy (non-hydrogen) atoms. The van der Waals surface area contributed by atoms with Crippen LogP contribution in [0, 0.1) is 0 Å². The zero-order valence-corrected chi connectivity index (χ0v) is 13.2. The van der Waals surface area contributed by atoms with Crippen molar-refractivity contribution in [1.29, 1.82) is 0 Å². The molecule has 1 rings (SSSR count). The number of likely N-dealkylation sites (tertiary alicyclic amines) is 1. The number of piperidine rings is 1. The van der Waals surface area contributed by atoms with Crippen LogP contribution in [0.15, 0.2) is 0 Å². The number of nitrogens with one attached hydrogen (secondary N) is 1. The van der Waals surface area contributed by atoms with Gasteiger partial charge in [-0.05, 0) is 52.1 Å². The summed E-state index contributed by atoms with van der Waals surface area (Å²) in [5.74, 6) is -0.746. The number of carboxylic acid groups (broad SMARTS) is 1. The number of hydrogen-bond acceptors (Lipinski definition) is 4. The highest BCUT2D eigenvalue weighted by molar-refractivity contribution is 5.78. The maximum atomic E-state index is 11.4. The third-order valence-electron chi connectivity index (χ3n) is 4.26. The average molecular weight is 286 g/mol. The molecule has 5 nitrogen and oxygen atoms in total. The zero-order valence-electron chi connectivity index (χ0n) is 13.2. The fraction of sp³-hybridized carbons (Fsp3) is 0.933. The summed E-state index contributed by atoms with van der Waals surface area (Å²) in [4.78, 5) is 13.8.